The van der Waals surface area contributed by atoms with Gasteiger partial charge in [0.1, 0.15) is 0 Å². The molecule has 0 aliphatic carbocycles. The van der Waals surface area contributed by atoms with E-state index in [2.05, 4.69) is 56.5 Å². The Kier molecular flexibility index (Phi) is 6.05. The van der Waals surface area contributed by atoms with Gasteiger partial charge in [-0.15, -0.1) is 0 Å². The molecule has 2 heterocycles. The minimum atomic E-state index is -0.111. The van der Waals surface area contributed by atoms with E-state index in [0.29, 0.717) is 5.56 Å². The summed E-state index contributed by atoms with van der Waals surface area (Å²) < 4.78 is 0. The number of aromatic nitrogens is 1. The molecule has 0 radical (unpaired) electrons. The number of hydrogen-bond donors (Lipinski definition) is 1. The Morgan fingerprint density at radius 1 is 0.909 bits per heavy atom. The fraction of sp³-hybridized carbons (Fsp3) is 0.214. The molecular weight excluding hydrogens is 408 g/mol. The molecule has 0 unspecified atom stereocenters. The van der Waals surface area contributed by atoms with Crippen LogP contribution in [0.15, 0.2) is 85.1 Å². The molecule has 3 aromatic carbocycles. The molecule has 166 valence electrons. The molecule has 1 N–H and O–H groups in total. The maximum absolute atomic E-state index is 13.0. The minimum Gasteiger partial charge on any atom is -0.367 e. The van der Waals surface area contributed by atoms with Gasteiger partial charge in [-0.2, -0.15) is 0 Å². The first-order valence-electron chi connectivity index (χ1n) is 11.4. The molecule has 5 rings (SSSR count). The average molecular weight is 437 g/mol. The van der Waals surface area contributed by atoms with Crippen molar-refractivity contribution in [1.82, 2.24) is 9.88 Å². The number of nitrogens with zero attached hydrogens (tertiary/aromatic N) is 3. The first-order chi connectivity index (χ1) is 16.2. The van der Waals surface area contributed by atoms with E-state index < -0.39 is 0 Å². The highest BCUT2D eigenvalue weighted by Crippen LogP contribution is 2.34. The normalized spacial score (nSPS) is 14.4. The van der Waals surface area contributed by atoms with E-state index in [9.17, 15) is 4.79 Å². The molecule has 1 aliphatic heterocycles. The number of amides is 1. The summed E-state index contributed by atoms with van der Waals surface area (Å²) in [5.74, 6) is -0.111. The monoisotopic (exact) mass is 436 g/mol. The van der Waals surface area contributed by atoms with Crippen LogP contribution in [0.5, 0.6) is 0 Å². The van der Waals surface area contributed by atoms with Gasteiger partial charge < -0.3 is 10.2 Å². The molecule has 0 bridgehead atoms. The predicted octanol–water partition coefficient (Wildman–Crippen LogP) is 5.12. The van der Waals surface area contributed by atoms with E-state index in [1.807, 2.05) is 49.4 Å². The van der Waals surface area contributed by atoms with E-state index >= 15 is 0 Å². The largest absolute Gasteiger partial charge is 0.367 e. The second kappa shape index (κ2) is 9.43. The number of benzene rings is 3. The molecular formula is C28H28N4O. The summed E-state index contributed by atoms with van der Waals surface area (Å²) in [5, 5.41) is 4.20. The Balaban J connectivity index is 1.40. The van der Waals surface area contributed by atoms with Crippen LogP contribution in [0.3, 0.4) is 0 Å². The maximum Gasteiger partial charge on any atom is 0.255 e. The lowest BCUT2D eigenvalue weighted by molar-refractivity contribution is 0.102. The van der Waals surface area contributed by atoms with Gasteiger partial charge in [0.15, 0.2) is 0 Å². The van der Waals surface area contributed by atoms with E-state index in [1.165, 1.54) is 5.56 Å². The quantitative estimate of drug-likeness (QED) is 0.472. The summed E-state index contributed by atoms with van der Waals surface area (Å²) in [5.41, 5.74) is 5.81. The minimum absolute atomic E-state index is 0.111. The first kappa shape index (κ1) is 21.2. The second-order valence-corrected chi connectivity index (χ2v) is 8.61. The van der Waals surface area contributed by atoms with Crippen LogP contribution in [0.2, 0.25) is 0 Å². The van der Waals surface area contributed by atoms with E-state index in [4.69, 9.17) is 0 Å². The van der Waals surface area contributed by atoms with Gasteiger partial charge in [0.25, 0.3) is 5.91 Å². The van der Waals surface area contributed by atoms with E-state index in [-0.39, 0.29) is 5.91 Å². The lowest BCUT2D eigenvalue weighted by atomic mass is 10.1. The third-order valence-corrected chi connectivity index (χ3v) is 6.21. The smallest absolute Gasteiger partial charge is 0.255 e. The number of fused-ring (bicyclic) bond motifs is 1. The summed E-state index contributed by atoms with van der Waals surface area (Å²) in [6.07, 6.45) is 1.79. The van der Waals surface area contributed by atoms with E-state index in [0.717, 1.165) is 60.6 Å². The van der Waals surface area contributed by atoms with Crippen molar-refractivity contribution in [1.29, 1.82) is 0 Å². The van der Waals surface area contributed by atoms with Crippen molar-refractivity contribution >= 4 is 28.2 Å². The van der Waals surface area contributed by atoms with Crippen LogP contribution in [0, 0.1) is 6.92 Å². The van der Waals surface area contributed by atoms with Gasteiger partial charge in [-0.05, 0) is 30.7 Å². The highest BCUT2D eigenvalue weighted by atomic mass is 16.1. The zero-order chi connectivity index (χ0) is 22.6. The standard InChI is InChI=1S/C28H28N4O/c1-21-8-7-11-23(18-21)28(33)30-26-19-29-25-13-6-5-12-24(25)27(26)32-16-14-31(15-17-32)20-22-9-3-2-4-10-22/h2-13,18-19H,14-17,20H2,1H3,(H,30,33). The number of rotatable bonds is 5. The van der Waals surface area contributed by atoms with Gasteiger partial charge in [-0.3, -0.25) is 14.7 Å². The van der Waals surface area contributed by atoms with Crippen LogP contribution in [-0.2, 0) is 6.54 Å². The molecule has 0 atom stereocenters. The van der Waals surface area contributed by atoms with Crippen molar-refractivity contribution < 1.29 is 4.79 Å². The maximum atomic E-state index is 13.0. The van der Waals surface area contributed by atoms with Crippen LogP contribution in [0.4, 0.5) is 11.4 Å². The van der Waals surface area contributed by atoms with Gasteiger partial charge in [-0.25, -0.2) is 0 Å². The van der Waals surface area contributed by atoms with E-state index in [1.54, 1.807) is 6.20 Å². The molecule has 0 spiro atoms. The number of piperazine rings is 1. The van der Waals surface area contributed by atoms with Gasteiger partial charge in [0, 0.05) is 43.7 Å². The topological polar surface area (TPSA) is 48.5 Å². The number of pyridine rings is 1. The zero-order valence-corrected chi connectivity index (χ0v) is 18.9. The van der Waals surface area contributed by atoms with Crippen LogP contribution in [-0.4, -0.2) is 42.0 Å². The Hall–Kier alpha value is -3.70. The van der Waals surface area contributed by atoms with Crippen LogP contribution < -0.4 is 10.2 Å². The number of para-hydroxylation sites is 1. The Morgan fingerprint density at radius 3 is 2.45 bits per heavy atom. The number of hydrogen-bond acceptors (Lipinski definition) is 4. The van der Waals surface area contributed by atoms with Crippen molar-refractivity contribution in [3.05, 3.63) is 102 Å². The molecule has 1 aliphatic rings. The zero-order valence-electron chi connectivity index (χ0n) is 18.9. The number of carbonyl (C=O) groups excluding carboxylic acids is 1. The Labute approximate surface area is 194 Å². The summed E-state index contributed by atoms with van der Waals surface area (Å²) in [6, 6.07) is 26.4. The van der Waals surface area contributed by atoms with Crippen molar-refractivity contribution in [3.8, 4) is 0 Å². The second-order valence-electron chi connectivity index (χ2n) is 8.61. The lowest BCUT2D eigenvalue weighted by Crippen LogP contribution is -2.46. The van der Waals surface area contributed by atoms with Gasteiger partial charge in [0.05, 0.1) is 23.1 Å². The Bertz CT molecular complexity index is 1260. The van der Waals surface area contributed by atoms with Gasteiger partial charge in [0.2, 0.25) is 0 Å². The first-order valence-corrected chi connectivity index (χ1v) is 11.4. The molecule has 33 heavy (non-hydrogen) atoms. The van der Waals surface area contributed by atoms with Crippen molar-refractivity contribution in [2.24, 2.45) is 0 Å². The summed E-state index contributed by atoms with van der Waals surface area (Å²) in [7, 11) is 0. The van der Waals surface area contributed by atoms with Crippen molar-refractivity contribution in [3.63, 3.8) is 0 Å². The van der Waals surface area contributed by atoms with Gasteiger partial charge in [-0.1, -0.05) is 66.2 Å². The SMILES string of the molecule is Cc1cccc(C(=O)Nc2cnc3ccccc3c2N2CCN(Cc3ccccc3)CC2)c1. The summed E-state index contributed by atoms with van der Waals surface area (Å²) >= 11 is 0. The number of anilines is 2. The molecule has 0 saturated carbocycles. The van der Waals surface area contributed by atoms with Crippen LogP contribution in [0.1, 0.15) is 21.5 Å². The van der Waals surface area contributed by atoms with Crippen molar-refractivity contribution in [2.45, 2.75) is 13.5 Å². The molecule has 5 heteroatoms. The molecule has 1 saturated heterocycles. The molecule has 4 aromatic rings. The molecule has 1 fully saturated rings. The summed E-state index contributed by atoms with van der Waals surface area (Å²) in [6.45, 7) is 6.69. The highest BCUT2D eigenvalue weighted by molar-refractivity contribution is 6.09. The van der Waals surface area contributed by atoms with Gasteiger partial charge >= 0.3 is 0 Å². The van der Waals surface area contributed by atoms with Crippen molar-refractivity contribution in [2.75, 3.05) is 36.4 Å². The fourth-order valence-corrected chi connectivity index (χ4v) is 4.51. The molecule has 5 nitrogen and oxygen atoms in total. The molecule has 1 amide bonds. The Morgan fingerprint density at radius 2 is 1.67 bits per heavy atom. The predicted molar refractivity (Wildman–Crippen MR) is 135 cm³/mol. The molecule has 1 aromatic heterocycles. The third kappa shape index (κ3) is 4.73. The highest BCUT2D eigenvalue weighted by Gasteiger charge is 2.23. The van der Waals surface area contributed by atoms with Crippen LogP contribution >= 0.6 is 0 Å². The average Bonchev–Trinajstić information content (AvgIpc) is 2.85. The van der Waals surface area contributed by atoms with Crippen LogP contribution in [0.25, 0.3) is 10.9 Å². The third-order valence-electron chi connectivity index (χ3n) is 6.21. The summed E-state index contributed by atoms with van der Waals surface area (Å²) in [4.78, 5) is 22.5. The fourth-order valence-electron chi connectivity index (χ4n) is 4.51. The lowest BCUT2D eigenvalue weighted by Gasteiger charge is -2.37. The number of aryl methyl sites for hydroxylation is 1. The number of nitrogens with one attached hydrogen (secondary N) is 1. The number of carbonyl (C=O) groups is 1.